The van der Waals surface area contributed by atoms with Gasteiger partial charge in [-0.25, -0.2) is 4.39 Å². The monoisotopic (exact) mass is 303 g/mol. The van der Waals surface area contributed by atoms with E-state index in [1.165, 1.54) is 12.1 Å². The maximum absolute atomic E-state index is 12.8. The van der Waals surface area contributed by atoms with Crippen LogP contribution in [-0.2, 0) is 0 Å². The average molecular weight is 303 g/mol. The molecule has 4 nitrogen and oxygen atoms in total. The van der Waals surface area contributed by atoms with Crippen molar-refractivity contribution in [3.63, 3.8) is 0 Å². The molecule has 0 bridgehead atoms. The molecule has 2 rings (SSSR count). The summed E-state index contributed by atoms with van der Waals surface area (Å²) in [6.45, 7) is 0.200. The molecule has 0 fully saturated rings. The van der Waals surface area contributed by atoms with Gasteiger partial charge in [0.1, 0.15) is 23.9 Å². The van der Waals surface area contributed by atoms with E-state index >= 15 is 0 Å². The lowest BCUT2D eigenvalue weighted by Crippen LogP contribution is -2.27. The van der Waals surface area contributed by atoms with Gasteiger partial charge in [0, 0.05) is 5.56 Å². The highest BCUT2D eigenvalue weighted by atomic mass is 32.1. The van der Waals surface area contributed by atoms with Crippen molar-refractivity contribution < 1.29 is 9.13 Å². The lowest BCUT2D eigenvalue weighted by Gasteiger charge is -2.09. The van der Waals surface area contributed by atoms with Crippen LogP contribution in [0.4, 0.5) is 4.39 Å². The minimum atomic E-state index is -0.311. The molecule has 0 radical (unpaired) electrons. The Kier molecular flexibility index (Phi) is 5.22. The van der Waals surface area contributed by atoms with Crippen molar-refractivity contribution >= 4 is 23.0 Å². The molecule has 2 aromatic rings. The van der Waals surface area contributed by atoms with Crippen LogP contribution in [0.2, 0.25) is 0 Å². The van der Waals surface area contributed by atoms with Gasteiger partial charge in [-0.15, -0.1) is 0 Å². The van der Waals surface area contributed by atoms with E-state index in [4.69, 9.17) is 22.7 Å². The highest BCUT2D eigenvalue weighted by Crippen LogP contribution is 2.12. The smallest absolute Gasteiger partial charge is 0.184 e. The largest absolute Gasteiger partial charge is 0.487 e. The molecule has 0 aromatic heterocycles. The molecule has 0 saturated carbocycles. The average Bonchev–Trinajstić information content (AvgIpc) is 2.50. The molecule has 0 aliphatic heterocycles. The number of rotatable bonds is 5. The van der Waals surface area contributed by atoms with Gasteiger partial charge in [-0.3, -0.25) is 5.43 Å². The zero-order valence-corrected chi connectivity index (χ0v) is 11.9. The van der Waals surface area contributed by atoms with Crippen molar-refractivity contribution in [1.82, 2.24) is 5.43 Å². The Hall–Kier alpha value is -2.47. The molecular weight excluding hydrogens is 289 g/mol. The van der Waals surface area contributed by atoms with E-state index in [0.29, 0.717) is 11.5 Å². The molecule has 3 N–H and O–H groups in total. The molecule has 108 valence electrons. The third-order valence-corrected chi connectivity index (χ3v) is 2.69. The van der Waals surface area contributed by atoms with Gasteiger partial charge in [0.15, 0.2) is 5.11 Å². The fourth-order valence-corrected chi connectivity index (χ4v) is 1.66. The first-order chi connectivity index (χ1) is 10.1. The predicted molar refractivity (Wildman–Crippen MR) is 84.8 cm³/mol. The molecule has 0 unspecified atom stereocenters. The molecule has 2 aromatic carbocycles. The van der Waals surface area contributed by atoms with Gasteiger partial charge in [-0.1, -0.05) is 30.3 Å². The molecule has 0 amide bonds. The second kappa shape index (κ2) is 7.35. The van der Waals surface area contributed by atoms with Crippen LogP contribution in [-0.4, -0.2) is 17.4 Å². The van der Waals surface area contributed by atoms with Crippen LogP contribution in [0.5, 0.6) is 5.75 Å². The number of nitrogens with one attached hydrogen (secondary N) is 1. The molecule has 0 atom stereocenters. The van der Waals surface area contributed by atoms with Gasteiger partial charge in [-0.2, -0.15) is 5.10 Å². The van der Waals surface area contributed by atoms with E-state index in [-0.39, 0.29) is 17.5 Å². The fourth-order valence-electron chi connectivity index (χ4n) is 1.62. The quantitative estimate of drug-likeness (QED) is 0.506. The summed E-state index contributed by atoms with van der Waals surface area (Å²) in [5.41, 5.74) is 9.43. The van der Waals surface area contributed by atoms with Crippen LogP contribution in [0, 0.1) is 5.82 Å². The number of hydrogen-bond acceptors (Lipinski definition) is 3. The number of benzene rings is 2. The molecule has 0 heterocycles. The van der Waals surface area contributed by atoms with Crippen molar-refractivity contribution in [2.24, 2.45) is 10.8 Å². The highest BCUT2D eigenvalue weighted by Gasteiger charge is 2.05. The molecular formula is C15H14FN3OS. The van der Waals surface area contributed by atoms with Crippen molar-refractivity contribution in [1.29, 1.82) is 0 Å². The van der Waals surface area contributed by atoms with Crippen molar-refractivity contribution in [3.8, 4) is 5.75 Å². The molecule has 0 aliphatic carbocycles. The Morgan fingerprint density at radius 2 is 1.81 bits per heavy atom. The van der Waals surface area contributed by atoms with E-state index < -0.39 is 0 Å². The first-order valence-corrected chi connectivity index (χ1v) is 6.62. The Morgan fingerprint density at radius 1 is 1.14 bits per heavy atom. The fraction of sp³-hybridized carbons (Fsp3) is 0.0667. The van der Waals surface area contributed by atoms with Crippen LogP contribution in [0.3, 0.4) is 0 Å². The summed E-state index contributed by atoms with van der Waals surface area (Å²) < 4.78 is 18.4. The van der Waals surface area contributed by atoms with E-state index in [0.717, 1.165) is 5.56 Å². The van der Waals surface area contributed by atoms with E-state index in [1.54, 1.807) is 12.1 Å². The van der Waals surface area contributed by atoms with Crippen LogP contribution in [0.1, 0.15) is 5.56 Å². The number of nitrogens with zero attached hydrogens (tertiary/aromatic N) is 1. The van der Waals surface area contributed by atoms with Crippen LogP contribution in [0.15, 0.2) is 59.7 Å². The van der Waals surface area contributed by atoms with Crippen molar-refractivity contribution in [2.75, 3.05) is 6.61 Å². The first-order valence-electron chi connectivity index (χ1n) is 6.21. The number of hydrogen-bond donors (Lipinski definition) is 2. The summed E-state index contributed by atoms with van der Waals surface area (Å²) in [7, 11) is 0. The second-order valence-corrected chi connectivity index (χ2v) is 4.58. The SMILES string of the molecule is NC(=S)NN=C(COc1ccc(F)cc1)c1ccccc1. The lowest BCUT2D eigenvalue weighted by atomic mass is 10.1. The maximum Gasteiger partial charge on any atom is 0.184 e. The molecule has 0 saturated heterocycles. The topological polar surface area (TPSA) is 59.6 Å². The zero-order chi connectivity index (χ0) is 15.1. The van der Waals surface area contributed by atoms with E-state index in [2.05, 4.69) is 10.5 Å². The Labute approximate surface area is 127 Å². The predicted octanol–water partition coefficient (Wildman–Crippen LogP) is 2.44. The number of hydrazone groups is 1. The van der Waals surface area contributed by atoms with Gasteiger partial charge in [0.25, 0.3) is 0 Å². The molecule has 0 aliphatic rings. The number of ether oxygens (including phenoxy) is 1. The maximum atomic E-state index is 12.8. The van der Waals surface area contributed by atoms with Gasteiger partial charge in [-0.05, 0) is 36.5 Å². The summed E-state index contributed by atoms with van der Waals surface area (Å²) in [5, 5.41) is 4.20. The molecule has 21 heavy (non-hydrogen) atoms. The van der Waals surface area contributed by atoms with E-state index in [1.807, 2.05) is 30.3 Å². The highest BCUT2D eigenvalue weighted by molar-refractivity contribution is 7.80. The third-order valence-electron chi connectivity index (χ3n) is 2.60. The normalized spacial score (nSPS) is 11.0. The Balaban J connectivity index is 2.11. The second-order valence-electron chi connectivity index (χ2n) is 4.14. The van der Waals surface area contributed by atoms with Crippen LogP contribution in [0.25, 0.3) is 0 Å². The summed E-state index contributed by atoms with van der Waals surface area (Å²) >= 11 is 4.73. The van der Waals surface area contributed by atoms with Gasteiger partial charge in [0.2, 0.25) is 0 Å². The minimum absolute atomic E-state index is 0.0743. The standard InChI is InChI=1S/C15H14FN3OS/c16-12-6-8-13(9-7-12)20-10-14(18-19-15(17)21)11-4-2-1-3-5-11/h1-9H,10H2,(H3,17,19,21). The van der Waals surface area contributed by atoms with Gasteiger partial charge < -0.3 is 10.5 Å². The lowest BCUT2D eigenvalue weighted by molar-refractivity contribution is 0.375. The van der Waals surface area contributed by atoms with Gasteiger partial charge in [0.05, 0.1) is 0 Å². The Morgan fingerprint density at radius 3 is 2.43 bits per heavy atom. The summed E-state index contributed by atoms with van der Waals surface area (Å²) in [5.74, 6) is 0.241. The van der Waals surface area contributed by atoms with Crippen molar-refractivity contribution in [2.45, 2.75) is 0 Å². The molecule has 0 spiro atoms. The first kappa shape index (κ1) is 14.9. The number of thiocarbonyl (C=S) groups is 1. The van der Waals surface area contributed by atoms with Crippen LogP contribution >= 0.6 is 12.2 Å². The minimum Gasteiger partial charge on any atom is -0.487 e. The third kappa shape index (κ3) is 4.85. The van der Waals surface area contributed by atoms with Gasteiger partial charge >= 0.3 is 0 Å². The number of halogens is 1. The molecule has 6 heteroatoms. The van der Waals surface area contributed by atoms with E-state index in [9.17, 15) is 4.39 Å². The number of nitrogens with two attached hydrogens (primary N) is 1. The van der Waals surface area contributed by atoms with Crippen molar-refractivity contribution in [3.05, 3.63) is 66.0 Å². The zero-order valence-electron chi connectivity index (χ0n) is 11.1. The summed E-state index contributed by atoms with van der Waals surface area (Å²) in [6.07, 6.45) is 0. The Bertz CT molecular complexity index is 629. The summed E-state index contributed by atoms with van der Waals surface area (Å²) in [6, 6.07) is 15.3. The van der Waals surface area contributed by atoms with Crippen LogP contribution < -0.4 is 15.9 Å². The summed E-state index contributed by atoms with van der Waals surface area (Å²) in [4.78, 5) is 0.